The van der Waals surface area contributed by atoms with Crippen LogP contribution in [0.2, 0.25) is 0 Å². The van der Waals surface area contributed by atoms with E-state index in [1.54, 1.807) is 0 Å². The third-order valence-corrected chi connectivity index (χ3v) is 21.5. The fourth-order valence-electron chi connectivity index (χ4n) is 12.7. The van der Waals surface area contributed by atoms with Crippen molar-refractivity contribution in [2.45, 2.75) is 452 Å². The summed E-state index contributed by atoms with van der Waals surface area (Å²) in [5.74, 6) is -0.531. The Morgan fingerprint density at radius 1 is 0.287 bits per heavy atom. The van der Waals surface area contributed by atoms with E-state index in [9.17, 15) is 43.2 Å². The Hall–Kier alpha value is -1.94. The summed E-state index contributed by atoms with van der Waals surface area (Å²) in [6.45, 7) is 9.63. The first kappa shape index (κ1) is 99.1. The molecule has 101 heavy (non-hydrogen) atoms. The molecule has 3 N–H and O–H groups in total. The predicted octanol–water partition coefficient (Wildman–Crippen LogP) is 24.7. The number of ether oxygens (including phenoxy) is 4. The summed E-state index contributed by atoms with van der Waals surface area (Å²) in [7, 11) is -9.92. The van der Waals surface area contributed by atoms with Gasteiger partial charge in [0.2, 0.25) is 0 Å². The van der Waals surface area contributed by atoms with Gasteiger partial charge < -0.3 is 33.8 Å². The first-order valence-corrected chi connectivity index (χ1v) is 45.5. The van der Waals surface area contributed by atoms with Crippen LogP contribution >= 0.6 is 15.6 Å². The molecule has 0 aromatic carbocycles. The molecule has 600 valence electrons. The van der Waals surface area contributed by atoms with Crippen molar-refractivity contribution in [3.63, 3.8) is 0 Å². The molecule has 0 aliphatic rings. The molecule has 0 aromatic heterocycles. The van der Waals surface area contributed by atoms with Gasteiger partial charge in [-0.3, -0.25) is 37.3 Å². The van der Waals surface area contributed by atoms with E-state index in [0.717, 1.165) is 108 Å². The number of unbranched alkanes of at least 4 members (excludes halogenated alkanes) is 50. The second kappa shape index (κ2) is 73.6. The van der Waals surface area contributed by atoms with Crippen molar-refractivity contribution in [1.29, 1.82) is 0 Å². The predicted molar refractivity (Wildman–Crippen MR) is 414 cm³/mol. The average molecular weight is 1480 g/mol. The van der Waals surface area contributed by atoms with Crippen LogP contribution in [-0.2, 0) is 65.4 Å². The zero-order valence-corrected chi connectivity index (χ0v) is 68.0. The van der Waals surface area contributed by atoms with Crippen LogP contribution in [0.15, 0.2) is 0 Å². The van der Waals surface area contributed by atoms with Crippen molar-refractivity contribution < 1.29 is 80.2 Å². The summed E-state index contributed by atoms with van der Waals surface area (Å²) in [6, 6.07) is 0. The van der Waals surface area contributed by atoms with Crippen molar-refractivity contribution in [2.24, 2.45) is 11.8 Å². The first-order valence-electron chi connectivity index (χ1n) is 42.5. The summed E-state index contributed by atoms with van der Waals surface area (Å²) in [5.41, 5.74) is 0. The van der Waals surface area contributed by atoms with Crippen LogP contribution < -0.4 is 0 Å². The molecule has 0 saturated heterocycles. The maximum absolute atomic E-state index is 13.1. The quantitative estimate of drug-likeness (QED) is 0.0222. The fraction of sp³-hybridized carbons (Fsp3) is 0.951. The van der Waals surface area contributed by atoms with E-state index < -0.39 is 97.5 Å². The van der Waals surface area contributed by atoms with Crippen LogP contribution in [0, 0.1) is 11.8 Å². The summed E-state index contributed by atoms with van der Waals surface area (Å²) in [5, 5.41) is 10.6. The van der Waals surface area contributed by atoms with Crippen molar-refractivity contribution in [3.8, 4) is 0 Å². The Morgan fingerprint density at radius 3 is 0.752 bits per heavy atom. The Kier molecular flexibility index (Phi) is 72.2. The summed E-state index contributed by atoms with van der Waals surface area (Å²) in [6.07, 6.45) is 64.1. The number of carbonyl (C=O) groups excluding carboxylic acids is 4. The van der Waals surface area contributed by atoms with E-state index in [-0.39, 0.29) is 25.7 Å². The molecule has 0 rings (SSSR count). The minimum Gasteiger partial charge on any atom is -0.462 e. The number of phosphoric acid groups is 2. The number of aliphatic hydroxyl groups is 1. The van der Waals surface area contributed by atoms with E-state index in [0.29, 0.717) is 25.7 Å². The maximum atomic E-state index is 13.1. The van der Waals surface area contributed by atoms with E-state index in [1.165, 1.54) is 244 Å². The van der Waals surface area contributed by atoms with Crippen LogP contribution in [0.1, 0.15) is 433 Å². The van der Waals surface area contributed by atoms with Gasteiger partial charge in [0.15, 0.2) is 12.2 Å². The lowest BCUT2D eigenvalue weighted by Gasteiger charge is -2.21. The van der Waals surface area contributed by atoms with Gasteiger partial charge >= 0.3 is 39.5 Å². The SMILES string of the molecule is CCCCCCCCCCCCCCCCCCCCCCCCC(=O)O[C@H](COC(=O)CCCCCCCCCCCCCCCCCCC(C)C)COP(=O)(O)OC[C@@H](O)COP(=O)(O)OC[C@@H](COC(=O)CCCCCCCCCC)OC(=O)CCCCCCCCCCC(C)CC. The van der Waals surface area contributed by atoms with Crippen molar-refractivity contribution in [3.05, 3.63) is 0 Å². The Labute approximate surface area is 619 Å². The topological polar surface area (TPSA) is 237 Å². The molecule has 0 radical (unpaired) electrons. The number of hydrogen-bond acceptors (Lipinski definition) is 15. The first-order chi connectivity index (χ1) is 48.9. The minimum atomic E-state index is -4.96. The Bertz CT molecular complexity index is 1940. The van der Waals surface area contributed by atoms with E-state index >= 15 is 0 Å². The zero-order valence-electron chi connectivity index (χ0n) is 66.2. The number of hydrogen-bond donors (Lipinski definition) is 3. The largest absolute Gasteiger partial charge is 0.472 e. The number of aliphatic hydroxyl groups excluding tert-OH is 1. The third-order valence-electron chi connectivity index (χ3n) is 19.6. The minimum absolute atomic E-state index is 0.105. The molecule has 0 bridgehead atoms. The standard InChI is InChI=1S/C82H160O17P2/c1-7-10-12-14-16-18-19-20-21-22-23-24-25-26-27-32-35-38-41-48-54-60-66-81(86)98-78(71-93-80(85)65-59-53-47-40-37-34-31-29-28-30-33-36-39-44-50-56-62-74(4)5)73-97-101(90,91)95-69-76(83)68-94-100(88,89)96-72-77(70-92-79(84)64-58-52-46-17-15-13-11-8-2)99-82(87)67-61-55-49-43-42-45-51-57-63-75(6)9-3/h74-78,83H,7-73H2,1-6H3,(H,88,89)(H,90,91)/t75?,76-,77+,78+/m0/s1. The lowest BCUT2D eigenvalue weighted by atomic mass is 9.99. The van der Waals surface area contributed by atoms with Crippen LogP contribution in [0.25, 0.3) is 0 Å². The van der Waals surface area contributed by atoms with Crippen molar-refractivity contribution in [1.82, 2.24) is 0 Å². The molecule has 19 heteroatoms. The van der Waals surface area contributed by atoms with Gasteiger partial charge in [-0.1, -0.05) is 382 Å². The van der Waals surface area contributed by atoms with Crippen LogP contribution in [0.3, 0.4) is 0 Å². The van der Waals surface area contributed by atoms with Crippen LogP contribution in [0.5, 0.6) is 0 Å². The Morgan fingerprint density at radius 2 is 0.505 bits per heavy atom. The molecule has 0 saturated carbocycles. The number of esters is 4. The van der Waals surface area contributed by atoms with E-state index in [4.69, 9.17) is 37.0 Å². The number of carbonyl (C=O) groups is 4. The lowest BCUT2D eigenvalue weighted by Crippen LogP contribution is -2.30. The second-order valence-corrected chi connectivity index (χ2v) is 33.1. The zero-order chi connectivity index (χ0) is 74.2. The average Bonchev–Trinajstić information content (AvgIpc) is 0.998. The molecule has 3 unspecified atom stereocenters. The van der Waals surface area contributed by atoms with Gasteiger partial charge in [-0.25, -0.2) is 9.13 Å². The molecular weight excluding hydrogens is 1320 g/mol. The van der Waals surface area contributed by atoms with Gasteiger partial charge in [0.05, 0.1) is 26.4 Å². The smallest absolute Gasteiger partial charge is 0.462 e. The molecule has 6 atom stereocenters. The lowest BCUT2D eigenvalue weighted by molar-refractivity contribution is -0.161. The fourth-order valence-corrected chi connectivity index (χ4v) is 14.3. The summed E-state index contributed by atoms with van der Waals surface area (Å²) >= 11 is 0. The highest BCUT2D eigenvalue weighted by atomic mass is 31.2. The van der Waals surface area contributed by atoms with E-state index in [1.807, 2.05) is 0 Å². The van der Waals surface area contributed by atoms with Crippen LogP contribution in [0.4, 0.5) is 0 Å². The monoisotopic (exact) mass is 1480 g/mol. The molecule has 0 aliphatic carbocycles. The van der Waals surface area contributed by atoms with Crippen LogP contribution in [-0.4, -0.2) is 96.7 Å². The maximum Gasteiger partial charge on any atom is 0.472 e. The van der Waals surface area contributed by atoms with Gasteiger partial charge in [0, 0.05) is 25.7 Å². The summed E-state index contributed by atoms with van der Waals surface area (Å²) < 4.78 is 68.6. The molecular formula is C82H160O17P2. The van der Waals surface area contributed by atoms with Gasteiger partial charge in [0.25, 0.3) is 0 Å². The highest BCUT2D eigenvalue weighted by molar-refractivity contribution is 7.47. The van der Waals surface area contributed by atoms with Gasteiger partial charge in [0.1, 0.15) is 19.3 Å². The highest BCUT2D eigenvalue weighted by Crippen LogP contribution is 2.45. The van der Waals surface area contributed by atoms with E-state index in [2.05, 4.69) is 41.5 Å². The Balaban J connectivity index is 5.17. The molecule has 17 nitrogen and oxygen atoms in total. The van der Waals surface area contributed by atoms with Crippen molar-refractivity contribution >= 4 is 39.5 Å². The number of phosphoric ester groups is 2. The second-order valence-electron chi connectivity index (χ2n) is 30.2. The molecule has 0 heterocycles. The highest BCUT2D eigenvalue weighted by Gasteiger charge is 2.30. The van der Waals surface area contributed by atoms with Gasteiger partial charge in [-0.15, -0.1) is 0 Å². The molecule has 0 aliphatic heterocycles. The number of rotatable bonds is 81. The molecule has 0 amide bonds. The van der Waals surface area contributed by atoms with Crippen molar-refractivity contribution in [2.75, 3.05) is 39.6 Å². The normalized spacial score (nSPS) is 14.2. The third kappa shape index (κ3) is 74.7. The molecule has 0 spiro atoms. The molecule has 0 fully saturated rings. The van der Waals surface area contributed by atoms with Gasteiger partial charge in [-0.2, -0.15) is 0 Å². The molecule has 0 aromatic rings. The van der Waals surface area contributed by atoms with Gasteiger partial charge in [-0.05, 0) is 37.5 Å². The summed E-state index contributed by atoms with van der Waals surface area (Å²) in [4.78, 5) is 72.9.